The van der Waals surface area contributed by atoms with Crippen LogP contribution in [-0.2, 0) is 27.7 Å². The first-order chi connectivity index (χ1) is 14.4. The molecule has 0 bridgehead atoms. The molecule has 1 saturated heterocycles. The molecule has 0 amide bonds. The summed E-state index contributed by atoms with van der Waals surface area (Å²) in [6, 6.07) is 10.5. The molecule has 0 radical (unpaired) electrons. The van der Waals surface area contributed by atoms with Crippen LogP contribution in [0.4, 0.5) is 0 Å². The standard InChI is InChI=1S/C23H35N3O3S/c1-19(2)18-30(27,28)23-24-15-22(26(23)16-20-9-5-4-6-10-20)17-25-13-8-7-11-21(25)12-14-29-3/h4-6,9-10,15,19,21H,7-8,11-14,16-18H2,1-3H3/t21-/m1/s1. The first-order valence-corrected chi connectivity index (χ1v) is 12.6. The van der Waals surface area contributed by atoms with Gasteiger partial charge in [0.25, 0.3) is 0 Å². The number of benzene rings is 1. The molecule has 0 spiro atoms. The number of hydrogen-bond acceptors (Lipinski definition) is 5. The minimum absolute atomic E-state index is 0.0563. The van der Waals surface area contributed by atoms with Crippen molar-refractivity contribution < 1.29 is 13.2 Å². The molecule has 1 fully saturated rings. The van der Waals surface area contributed by atoms with E-state index < -0.39 is 9.84 Å². The molecular weight excluding hydrogens is 398 g/mol. The summed E-state index contributed by atoms with van der Waals surface area (Å²) in [6.45, 7) is 6.86. The number of ether oxygens (including phenoxy) is 1. The third-order valence-electron chi connectivity index (χ3n) is 5.69. The average Bonchev–Trinajstić information content (AvgIpc) is 3.10. The number of methoxy groups -OCH3 is 1. The van der Waals surface area contributed by atoms with Gasteiger partial charge in [-0.1, -0.05) is 50.6 Å². The Bertz CT molecular complexity index is 894. The molecule has 1 aliphatic rings. The van der Waals surface area contributed by atoms with Gasteiger partial charge in [0.15, 0.2) is 0 Å². The Morgan fingerprint density at radius 3 is 2.63 bits per heavy atom. The van der Waals surface area contributed by atoms with Crippen LogP contribution in [0.1, 0.15) is 50.8 Å². The van der Waals surface area contributed by atoms with E-state index in [4.69, 9.17) is 4.74 Å². The molecule has 0 saturated carbocycles. The van der Waals surface area contributed by atoms with Crippen molar-refractivity contribution in [2.24, 2.45) is 5.92 Å². The van der Waals surface area contributed by atoms with Crippen molar-refractivity contribution in [1.29, 1.82) is 0 Å². The Labute approximate surface area is 181 Å². The van der Waals surface area contributed by atoms with E-state index in [1.807, 2.05) is 48.7 Å². The van der Waals surface area contributed by atoms with Crippen molar-refractivity contribution in [3.63, 3.8) is 0 Å². The molecule has 2 aromatic rings. The second-order valence-corrected chi connectivity index (χ2v) is 10.6. The fourth-order valence-corrected chi connectivity index (χ4v) is 6.03. The molecule has 1 atom stereocenters. The lowest BCUT2D eigenvalue weighted by atomic mass is 9.99. The summed E-state index contributed by atoms with van der Waals surface area (Å²) < 4.78 is 33.3. The van der Waals surface area contributed by atoms with Crippen LogP contribution < -0.4 is 0 Å². The summed E-state index contributed by atoms with van der Waals surface area (Å²) in [4.78, 5) is 6.89. The van der Waals surface area contributed by atoms with E-state index >= 15 is 0 Å². The predicted octanol–water partition coefficient (Wildman–Crippen LogP) is 3.75. The van der Waals surface area contributed by atoms with Crippen molar-refractivity contribution in [3.05, 3.63) is 47.8 Å². The summed E-state index contributed by atoms with van der Waals surface area (Å²) in [5.74, 6) is 0.166. The normalized spacial score (nSPS) is 18.2. The first kappa shape index (κ1) is 23.0. The monoisotopic (exact) mass is 433 g/mol. The van der Waals surface area contributed by atoms with Crippen molar-refractivity contribution in [2.75, 3.05) is 26.0 Å². The molecule has 6 nitrogen and oxygen atoms in total. The molecule has 2 heterocycles. The van der Waals surface area contributed by atoms with Gasteiger partial charge in [-0.25, -0.2) is 13.4 Å². The van der Waals surface area contributed by atoms with Crippen molar-refractivity contribution in [3.8, 4) is 0 Å². The van der Waals surface area contributed by atoms with Crippen molar-refractivity contribution in [2.45, 2.75) is 63.8 Å². The maximum atomic E-state index is 13.1. The lowest BCUT2D eigenvalue weighted by molar-refractivity contribution is 0.0954. The zero-order chi connectivity index (χ0) is 21.6. The summed E-state index contributed by atoms with van der Waals surface area (Å²) >= 11 is 0. The fourth-order valence-electron chi connectivity index (χ4n) is 4.27. The Morgan fingerprint density at radius 2 is 1.93 bits per heavy atom. The maximum Gasteiger partial charge on any atom is 0.228 e. The molecule has 3 rings (SSSR count). The lowest BCUT2D eigenvalue weighted by Gasteiger charge is -2.35. The van der Waals surface area contributed by atoms with Gasteiger partial charge in [0.2, 0.25) is 15.0 Å². The van der Waals surface area contributed by atoms with Crippen LogP contribution >= 0.6 is 0 Å². The first-order valence-electron chi connectivity index (χ1n) is 10.9. The molecule has 0 N–H and O–H groups in total. The molecule has 166 valence electrons. The highest BCUT2D eigenvalue weighted by Gasteiger charge is 2.27. The Balaban J connectivity index is 1.91. The number of nitrogens with zero attached hydrogens (tertiary/aromatic N) is 3. The van der Waals surface area contributed by atoms with Crippen LogP contribution in [0.25, 0.3) is 0 Å². The molecule has 0 aliphatic carbocycles. The topological polar surface area (TPSA) is 64.4 Å². The summed E-state index contributed by atoms with van der Waals surface area (Å²) in [7, 11) is -1.70. The number of imidazole rings is 1. The van der Waals surface area contributed by atoms with E-state index in [1.54, 1.807) is 13.3 Å². The van der Waals surface area contributed by atoms with Gasteiger partial charge in [-0.3, -0.25) is 4.90 Å². The van der Waals surface area contributed by atoms with E-state index in [1.165, 1.54) is 12.8 Å². The quantitative estimate of drug-likeness (QED) is 0.571. The third kappa shape index (κ3) is 5.93. The van der Waals surface area contributed by atoms with E-state index in [0.717, 1.165) is 37.3 Å². The molecule has 1 aliphatic heterocycles. The van der Waals surface area contributed by atoms with Crippen LogP contribution in [0.15, 0.2) is 41.7 Å². The lowest BCUT2D eigenvalue weighted by Crippen LogP contribution is -2.40. The van der Waals surface area contributed by atoms with Crippen molar-refractivity contribution in [1.82, 2.24) is 14.5 Å². The van der Waals surface area contributed by atoms with Gasteiger partial charge >= 0.3 is 0 Å². The smallest absolute Gasteiger partial charge is 0.228 e. The second-order valence-electron chi connectivity index (χ2n) is 8.68. The maximum absolute atomic E-state index is 13.1. The van der Waals surface area contributed by atoms with Crippen LogP contribution in [-0.4, -0.2) is 54.9 Å². The largest absolute Gasteiger partial charge is 0.385 e. The van der Waals surface area contributed by atoms with Crippen LogP contribution in [0.3, 0.4) is 0 Å². The molecule has 7 heteroatoms. The SMILES string of the molecule is COCC[C@H]1CCCCN1Cc1cnc(S(=O)(=O)CC(C)C)n1Cc1ccccc1. The number of hydrogen-bond donors (Lipinski definition) is 0. The fraction of sp³-hybridized carbons (Fsp3) is 0.609. The van der Waals surface area contributed by atoms with Gasteiger partial charge in [-0.2, -0.15) is 0 Å². The summed E-state index contributed by atoms with van der Waals surface area (Å²) in [5, 5.41) is 0.195. The Morgan fingerprint density at radius 1 is 1.17 bits per heavy atom. The Hall–Kier alpha value is -1.70. The number of likely N-dealkylation sites (tertiary alicyclic amines) is 1. The number of rotatable bonds is 10. The average molecular weight is 434 g/mol. The van der Waals surface area contributed by atoms with E-state index in [2.05, 4.69) is 9.88 Å². The predicted molar refractivity (Wildman–Crippen MR) is 119 cm³/mol. The minimum atomic E-state index is -3.44. The number of sulfone groups is 1. The van der Waals surface area contributed by atoms with Gasteiger partial charge in [-0.05, 0) is 37.3 Å². The second kappa shape index (κ2) is 10.6. The van der Waals surface area contributed by atoms with Gasteiger partial charge in [0, 0.05) is 26.3 Å². The number of piperidine rings is 1. The third-order valence-corrected chi connectivity index (χ3v) is 7.67. The summed E-state index contributed by atoms with van der Waals surface area (Å²) in [6.07, 6.45) is 6.34. The minimum Gasteiger partial charge on any atom is -0.385 e. The van der Waals surface area contributed by atoms with E-state index in [-0.39, 0.29) is 16.8 Å². The zero-order valence-corrected chi connectivity index (χ0v) is 19.3. The van der Waals surface area contributed by atoms with Crippen LogP contribution in [0.2, 0.25) is 0 Å². The number of aromatic nitrogens is 2. The van der Waals surface area contributed by atoms with E-state index in [9.17, 15) is 8.42 Å². The molecule has 1 aromatic carbocycles. The highest BCUT2D eigenvalue weighted by atomic mass is 32.2. The highest BCUT2D eigenvalue weighted by molar-refractivity contribution is 7.91. The van der Waals surface area contributed by atoms with Crippen LogP contribution in [0, 0.1) is 5.92 Å². The zero-order valence-electron chi connectivity index (χ0n) is 18.5. The van der Waals surface area contributed by atoms with E-state index in [0.29, 0.717) is 19.1 Å². The van der Waals surface area contributed by atoms with Gasteiger partial charge in [-0.15, -0.1) is 0 Å². The molecular formula is C23H35N3O3S. The molecule has 0 unspecified atom stereocenters. The summed E-state index contributed by atoms with van der Waals surface area (Å²) in [5.41, 5.74) is 2.04. The van der Waals surface area contributed by atoms with Crippen LogP contribution in [0.5, 0.6) is 0 Å². The van der Waals surface area contributed by atoms with Gasteiger partial charge < -0.3 is 9.30 Å². The molecule has 1 aromatic heterocycles. The van der Waals surface area contributed by atoms with Gasteiger partial charge in [0.05, 0.1) is 24.2 Å². The molecule has 30 heavy (non-hydrogen) atoms. The Kier molecular flexibility index (Phi) is 8.08. The van der Waals surface area contributed by atoms with Crippen molar-refractivity contribution >= 4 is 9.84 Å². The van der Waals surface area contributed by atoms with Gasteiger partial charge in [0.1, 0.15) is 0 Å². The highest BCUT2D eigenvalue weighted by Crippen LogP contribution is 2.24.